The van der Waals surface area contributed by atoms with Crippen molar-refractivity contribution < 1.29 is 4.79 Å². The molecule has 3 aromatic rings. The molecule has 1 aromatic heterocycles. The topological polar surface area (TPSA) is 44.9 Å². The maximum absolute atomic E-state index is 12.8. The summed E-state index contributed by atoms with van der Waals surface area (Å²) < 4.78 is 0. The number of nitrogens with one attached hydrogen (secondary N) is 2. The van der Waals surface area contributed by atoms with Crippen molar-refractivity contribution >= 4 is 22.4 Å². The molecular weight excluding hydrogens is 248 g/mol. The standard InChI is InChI=1S/C17H14N2O/c1-17(13-10-18-14-8-4-2-6-11(13)14)16(20)12-7-3-5-9-15(12)19-17/h2-10,18-19H,1H3/t17-/m0/s1. The average molecular weight is 262 g/mol. The lowest BCUT2D eigenvalue weighted by Crippen LogP contribution is -2.34. The van der Waals surface area contributed by atoms with E-state index in [2.05, 4.69) is 10.3 Å². The minimum Gasteiger partial charge on any atom is -0.368 e. The fraction of sp³-hybridized carbons (Fsp3) is 0.118. The highest BCUT2D eigenvalue weighted by Crippen LogP contribution is 2.41. The van der Waals surface area contributed by atoms with Gasteiger partial charge in [0.2, 0.25) is 0 Å². The van der Waals surface area contributed by atoms with E-state index in [0.717, 1.165) is 27.7 Å². The summed E-state index contributed by atoms with van der Waals surface area (Å²) in [6, 6.07) is 15.7. The van der Waals surface area contributed by atoms with Crippen LogP contribution in [0.1, 0.15) is 22.8 Å². The number of carbonyl (C=O) groups is 1. The molecule has 2 N–H and O–H groups in total. The number of rotatable bonds is 1. The number of anilines is 1. The zero-order valence-corrected chi connectivity index (χ0v) is 11.1. The third-order valence-electron chi connectivity index (χ3n) is 4.14. The summed E-state index contributed by atoms with van der Waals surface area (Å²) in [6.45, 7) is 1.95. The Labute approximate surface area is 116 Å². The number of para-hydroxylation sites is 2. The predicted octanol–water partition coefficient (Wildman–Crippen LogP) is 3.69. The van der Waals surface area contributed by atoms with E-state index < -0.39 is 5.54 Å². The Morgan fingerprint density at radius 1 is 1.00 bits per heavy atom. The van der Waals surface area contributed by atoms with E-state index in [-0.39, 0.29) is 5.78 Å². The Hall–Kier alpha value is -2.55. The van der Waals surface area contributed by atoms with Crippen molar-refractivity contribution in [2.75, 3.05) is 5.32 Å². The molecule has 0 radical (unpaired) electrons. The Morgan fingerprint density at radius 3 is 2.60 bits per heavy atom. The van der Waals surface area contributed by atoms with Crippen LogP contribution in [0.4, 0.5) is 5.69 Å². The maximum Gasteiger partial charge on any atom is 0.194 e. The highest BCUT2D eigenvalue weighted by Gasteiger charge is 2.43. The van der Waals surface area contributed by atoms with Crippen LogP contribution in [0.15, 0.2) is 54.7 Å². The highest BCUT2D eigenvalue weighted by molar-refractivity contribution is 6.14. The molecule has 0 amide bonds. The molecule has 2 heterocycles. The van der Waals surface area contributed by atoms with Gasteiger partial charge in [-0.25, -0.2) is 0 Å². The van der Waals surface area contributed by atoms with E-state index in [1.165, 1.54) is 0 Å². The number of Topliss-reactive ketones (excluding diaryl/α,β-unsaturated/α-hetero) is 1. The van der Waals surface area contributed by atoms with Crippen molar-refractivity contribution in [3.8, 4) is 0 Å². The fourth-order valence-corrected chi connectivity index (χ4v) is 3.06. The van der Waals surface area contributed by atoms with Gasteiger partial charge in [0.05, 0.1) is 0 Å². The first kappa shape index (κ1) is 11.3. The molecule has 0 saturated heterocycles. The normalized spacial score (nSPS) is 20.9. The first-order chi connectivity index (χ1) is 9.70. The average Bonchev–Trinajstić information content (AvgIpc) is 3.01. The fourth-order valence-electron chi connectivity index (χ4n) is 3.06. The number of carbonyl (C=O) groups excluding carboxylic acids is 1. The van der Waals surface area contributed by atoms with Crippen LogP contribution in [-0.2, 0) is 5.54 Å². The van der Waals surface area contributed by atoms with Crippen LogP contribution in [0.2, 0.25) is 0 Å². The molecule has 1 aliphatic heterocycles. The lowest BCUT2D eigenvalue weighted by Gasteiger charge is -2.23. The zero-order chi connectivity index (χ0) is 13.7. The molecule has 3 heteroatoms. The Morgan fingerprint density at radius 2 is 1.75 bits per heavy atom. The summed E-state index contributed by atoms with van der Waals surface area (Å²) >= 11 is 0. The number of fused-ring (bicyclic) bond motifs is 2. The van der Waals surface area contributed by atoms with Crippen LogP contribution in [0.25, 0.3) is 10.9 Å². The van der Waals surface area contributed by atoms with Crippen LogP contribution >= 0.6 is 0 Å². The van der Waals surface area contributed by atoms with Gasteiger partial charge >= 0.3 is 0 Å². The second-order valence-electron chi connectivity index (χ2n) is 5.37. The van der Waals surface area contributed by atoms with Crippen molar-refractivity contribution in [1.82, 2.24) is 4.98 Å². The SMILES string of the molecule is C[C@@]1(c2c[nH]c3ccccc23)Nc2ccccc2C1=O. The smallest absolute Gasteiger partial charge is 0.194 e. The van der Waals surface area contributed by atoms with Crippen molar-refractivity contribution in [2.24, 2.45) is 0 Å². The molecule has 0 fully saturated rings. The number of ketones is 1. The summed E-state index contributed by atoms with van der Waals surface area (Å²) in [6.07, 6.45) is 1.93. The molecule has 2 aromatic carbocycles. The van der Waals surface area contributed by atoms with Gasteiger partial charge in [0, 0.05) is 33.9 Å². The van der Waals surface area contributed by atoms with Crippen LogP contribution < -0.4 is 5.32 Å². The molecule has 1 atom stereocenters. The highest BCUT2D eigenvalue weighted by atomic mass is 16.1. The lowest BCUT2D eigenvalue weighted by molar-refractivity contribution is 0.0929. The minimum atomic E-state index is -0.705. The predicted molar refractivity (Wildman–Crippen MR) is 80.0 cm³/mol. The summed E-state index contributed by atoms with van der Waals surface area (Å²) in [5.74, 6) is 0.123. The molecule has 3 nitrogen and oxygen atoms in total. The monoisotopic (exact) mass is 262 g/mol. The second-order valence-corrected chi connectivity index (χ2v) is 5.37. The first-order valence-electron chi connectivity index (χ1n) is 6.69. The van der Waals surface area contributed by atoms with Gasteiger partial charge in [-0.15, -0.1) is 0 Å². The minimum absolute atomic E-state index is 0.123. The Kier molecular flexibility index (Phi) is 2.11. The van der Waals surface area contributed by atoms with Gasteiger partial charge in [0.1, 0.15) is 5.54 Å². The molecule has 0 aliphatic carbocycles. The zero-order valence-electron chi connectivity index (χ0n) is 11.1. The Bertz CT molecular complexity index is 834. The van der Waals surface area contributed by atoms with Crippen LogP contribution in [-0.4, -0.2) is 10.8 Å². The molecule has 0 spiro atoms. The van der Waals surface area contributed by atoms with Gasteiger partial charge in [0.15, 0.2) is 5.78 Å². The van der Waals surface area contributed by atoms with E-state index >= 15 is 0 Å². The lowest BCUT2D eigenvalue weighted by atomic mass is 9.87. The number of hydrogen-bond acceptors (Lipinski definition) is 2. The van der Waals surface area contributed by atoms with Gasteiger partial charge in [-0.05, 0) is 25.1 Å². The molecule has 1 aliphatic rings. The maximum atomic E-state index is 12.8. The first-order valence-corrected chi connectivity index (χ1v) is 6.69. The van der Waals surface area contributed by atoms with Crippen molar-refractivity contribution in [2.45, 2.75) is 12.5 Å². The molecule has 4 rings (SSSR count). The van der Waals surface area contributed by atoms with Gasteiger partial charge in [-0.3, -0.25) is 4.79 Å². The van der Waals surface area contributed by atoms with Crippen molar-refractivity contribution in [3.63, 3.8) is 0 Å². The van der Waals surface area contributed by atoms with E-state index in [9.17, 15) is 4.79 Å². The number of aromatic nitrogens is 1. The summed E-state index contributed by atoms with van der Waals surface area (Å²) in [5.41, 5.74) is 3.01. The van der Waals surface area contributed by atoms with Gasteiger partial charge < -0.3 is 10.3 Å². The second kappa shape index (κ2) is 3.73. The molecule has 98 valence electrons. The summed E-state index contributed by atoms with van der Waals surface area (Å²) in [4.78, 5) is 16.0. The number of hydrogen-bond donors (Lipinski definition) is 2. The molecule has 0 unspecified atom stereocenters. The van der Waals surface area contributed by atoms with Crippen molar-refractivity contribution in [1.29, 1.82) is 0 Å². The van der Waals surface area contributed by atoms with E-state index in [1.807, 2.05) is 61.7 Å². The van der Waals surface area contributed by atoms with E-state index in [4.69, 9.17) is 0 Å². The van der Waals surface area contributed by atoms with Gasteiger partial charge in [-0.2, -0.15) is 0 Å². The van der Waals surface area contributed by atoms with Crippen LogP contribution in [0, 0.1) is 0 Å². The van der Waals surface area contributed by atoms with Crippen LogP contribution in [0.3, 0.4) is 0 Å². The summed E-state index contributed by atoms with van der Waals surface area (Å²) in [7, 11) is 0. The van der Waals surface area contributed by atoms with Gasteiger partial charge in [-0.1, -0.05) is 30.3 Å². The van der Waals surface area contributed by atoms with Gasteiger partial charge in [0.25, 0.3) is 0 Å². The van der Waals surface area contributed by atoms with Crippen molar-refractivity contribution in [3.05, 3.63) is 65.9 Å². The number of benzene rings is 2. The van der Waals surface area contributed by atoms with E-state index in [1.54, 1.807) is 0 Å². The molecular formula is C17H14N2O. The largest absolute Gasteiger partial charge is 0.368 e. The molecule has 20 heavy (non-hydrogen) atoms. The Balaban J connectivity index is 1.93. The summed E-state index contributed by atoms with van der Waals surface area (Å²) in [5, 5.41) is 4.47. The quantitative estimate of drug-likeness (QED) is 0.702. The third-order valence-corrected chi connectivity index (χ3v) is 4.14. The van der Waals surface area contributed by atoms with Crippen LogP contribution in [0.5, 0.6) is 0 Å². The molecule has 0 saturated carbocycles. The van der Waals surface area contributed by atoms with E-state index in [0.29, 0.717) is 0 Å². The number of aromatic amines is 1. The third kappa shape index (κ3) is 1.32. The molecule has 0 bridgehead atoms. The number of H-pyrrole nitrogens is 1.